The van der Waals surface area contributed by atoms with Gasteiger partial charge in [0.1, 0.15) is 17.5 Å². The minimum absolute atomic E-state index is 0.118. The van der Waals surface area contributed by atoms with Gasteiger partial charge in [0.15, 0.2) is 0 Å². The Morgan fingerprint density at radius 2 is 1.53 bits per heavy atom. The van der Waals surface area contributed by atoms with Gasteiger partial charge in [-0.15, -0.1) is 0 Å². The summed E-state index contributed by atoms with van der Waals surface area (Å²) >= 11 is 0. The van der Waals surface area contributed by atoms with Crippen LogP contribution in [-0.4, -0.2) is 30.0 Å². The van der Waals surface area contributed by atoms with Crippen LogP contribution in [0.5, 0.6) is 0 Å². The molecule has 6 rings (SSSR count). The van der Waals surface area contributed by atoms with E-state index in [1.807, 2.05) is 56.3 Å². The first kappa shape index (κ1) is 19.3. The van der Waals surface area contributed by atoms with E-state index < -0.39 is 0 Å². The lowest BCUT2D eigenvalue weighted by Gasteiger charge is -2.55. The number of benzene rings is 1. The van der Waals surface area contributed by atoms with Gasteiger partial charge in [0, 0.05) is 31.5 Å². The lowest BCUT2D eigenvalue weighted by atomic mass is 9.49. The summed E-state index contributed by atoms with van der Waals surface area (Å²) in [6.07, 6.45) is 7.32. The van der Waals surface area contributed by atoms with Crippen LogP contribution in [0.1, 0.15) is 44.3 Å². The minimum atomic E-state index is -0.118. The summed E-state index contributed by atoms with van der Waals surface area (Å²) < 4.78 is 0. The van der Waals surface area contributed by atoms with Crippen molar-refractivity contribution in [2.45, 2.75) is 45.4 Å². The highest BCUT2D eigenvalue weighted by Crippen LogP contribution is 2.60. The molecule has 4 fully saturated rings. The minimum Gasteiger partial charge on any atom is -0.363 e. The van der Waals surface area contributed by atoms with Crippen molar-refractivity contribution >= 4 is 28.9 Å². The monoisotopic (exact) mass is 405 g/mol. The Morgan fingerprint density at radius 3 is 2.10 bits per heavy atom. The highest BCUT2D eigenvalue weighted by molar-refractivity contribution is 5.95. The molecule has 0 saturated heterocycles. The van der Waals surface area contributed by atoms with Crippen molar-refractivity contribution in [3.63, 3.8) is 0 Å². The number of carbonyl (C=O) groups excluding carboxylic acids is 1. The van der Waals surface area contributed by atoms with Gasteiger partial charge in [-0.2, -0.15) is 0 Å². The molecule has 4 bridgehead atoms. The van der Waals surface area contributed by atoms with Crippen molar-refractivity contribution < 1.29 is 4.79 Å². The number of aromatic nitrogens is 2. The van der Waals surface area contributed by atoms with Gasteiger partial charge >= 0.3 is 0 Å². The molecule has 1 aromatic carbocycles. The fourth-order valence-corrected chi connectivity index (χ4v) is 6.28. The summed E-state index contributed by atoms with van der Waals surface area (Å²) in [5.41, 5.74) is 1.69. The van der Waals surface area contributed by atoms with E-state index in [4.69, 9.17) is 0 Å². The Hall–Kier alpha value is -2.63. The number of rotatable bonds is 5. The smallest absolute Gasteiger partial charge is 0.230 e. The number of aryl methyl sites for hydroxylation is 1. The van der Waals surface area contributed by atoms with Crippen molar-refractivity contribution in [2.24, 2.45) is 23.2 Å². The molecule has 4 aliphatic rings. The van der Waals surface area contributed by atoms with E-state index in [0.717, 1.165) is 65.9 Å². The molecule has 0 radical (unpaired) electrons. The van der Waals surface area contributed by atoms with E-state index >= 15 is 0 Å². The highest BCUT2D eigenvalue weighted by Gasteiger charge is 2.54. The first-order chi connectivity index (χ1) is 14.4. The molecule has 4 aliphatic carbocycles. The first-order valence-electron chi connectivity index (χ1n) is 11.1. The molecule has 1 heterocycles. The van der Waals surface area contributed by atoms with Crippen LogP contribution in [0.25, 0.3) is 0 Å². The van der Waals surface area contributed by atoms with Gasteiger partial charge in [-0.05, 0) is 87.5 Å². The van der Waals surface area contributed by atoms with Gasteiger partial charge in [0.05, 0.1) is 5.41 Å². The lowest BCUT2D eigenvalue weighted by molar-refractivity contribution is -0.140. The molecule has 1 amide bonds. The van der Waals surface area contributed by atoms with Crippen LogP contribution in [0, 0.1) is 30.1 Å². The van der Waals surface area contributed by atoms with Crippen molar-refractivity contribution in [3.8, 4) is 0 Å². The number of amides is 1. The molecule has 6 nitrogen and oxygen atoms in total. The Labute approximate surface area is 178 Å². The van der Waals surface area contributed by atoms with Gasteiger partial charge in [0.25, 0.3) is 0 Å². The van der Waals surface area contributed by atoms with Crippen molar-refractivity contribution in [1.82, 2.24) is 9.97 Å². The third-order valence-corrected chi connectivity index (χ3v) is 7.22. The maximum absolute atomic E-state index is 13.2. The molecule has 0 spiro atoms. The van der Waals surface area contributed by atoms with Crippen LogP contribution in [0.2, 0.25) is 0 Å². The van der Waals surface area contributed by atoms with Crippen LogP contribution in [0.4, 0.5) is 23.0 Å². The normalized spacial score (nSPS) is 29.0. The van der Waals surface area contributed by atoms with Gasteiger partial charge in [-0.3, -0.25) is 4.79 Å². The van der Waals surface area contributed by atoms with Gasteiger partial charge in [-0.1, -0.05) is 0 Å². The molecule has 0 unspecified atom stereocenters. The Balaban J connectivity index is 1.26. The van der Waals surface area contributed by atoms with E-state index in [1.54, 1.807) is 0 Å². The molecule has 6 heteroatoms. The summed E-state index contributed by atoms with van der Waals surface area (Å²) in [5, 5.41) is 6.56. The van der Waals surface area contributed by atoms with E-state index in [9.17, 15) is 4.79 Å². The number of hydrogen-bond acceptors (Lipinski definition) is 5. The number of nitrogens with one attached hydrogen (secondary N) is 2. The molecule has 2 N–H and O–H groups in total. The zero-order chi connectivity index (χ0) is 20.9. The zero-order valence-corrected chi connectivity index (χ0v) is 18.1. The fourth-order valence-electron chi connectivity index (χ4n) is 6.28. The van der Waals surface area contributed by atoms with Crippen LogP contribution < -0.4 is 15.5 Å². The largest absolute Gasteiger partial charge is 0.363 e. The third-order valence-electron chi connectivity index (χ3n) is 7.22. The highest BCUT2D eigenvalue weighted by atomic mass is 16.2. The number of anilines is 4. The molecule has 158 valence electrons. The van der Waals surface area contributed by atoms with E-state index in [-0.39, 0.29) is 11.3 Å². The molecule has 2 aromatic rings. The van der Waals surface area contributed by atoms with Gasteiger partial charge in [0.2, 0.25) is 5.91 Å². The van der Waals surface area contributed by atoms with Crippen molar-refractivity contribution in [3.05, 3.63) is 36.2 Å². The van der Waals surface area contributed by atoms with Gasteiger partial charge < -0.3 is 15.5 Å². The average molecular weight is 406 g/mol. The maximum atomic E-state index is 13.2. The van der Waals surface area contributed by atoms with Crippen LogP contribution >= 0.6 is 0 Å². The second-order valence-electron chi connectivity index (χ2n) is 9.91. The zero-order valence-electron chi connectivity index (χ0n) is 18.1. The topological polar surface area (TPSA) is 70.2 Å². The molecule has 4 saturated carbocycles. The second kappa shape index (κ2) is 7.25. The average Bonchev–Trinajstić information content (AvgIpc) is 2.68. The molecular weight excluding hydrogens is 374 g/mol. The first-order valence-corrected chi connectivity index (χ1v) is 11.1. The Morgan fingerprint density at radius 1 is 0.967 bits per heavy atom. The van der Waals surface area contributed by atoms with Crippen molar-refractivity contribution in [2.75, 3.05) is 29.6 Å². The summed E-state index contributed by atoms with van der Waals surface area (Å²) in [5.74, 6) is 4.92. The second-order valence-corrected chi connectivity index (χ2v) is 9.91. The van der Waals surface area contributed by atoms with Crippen LogP contribution in [0.15, 0.2) is 30.3 Å². The number of carbonyl (C=O) groups is 1. The Kier molecular flexibility index (Phi) is 4.68. The standard InChI is InChI=1S/C24H31N5O/c1-15-25-21(11-22(26-15)29(2)3)27-19-4-6-20(7-5-19)28-23(30)24-12-16-8-17(13-24)10-18(9-16)14-24/h4-7,11,16-18H,8-10,12-14H2,1-3H3,(H,28,30)(H,25,26,27). The predicted octanol–water partition coefficient (Wildman–Crippen LogP) is 4.75. The SMILES string of the molecule is Cc1nc(Nc2ccc(NC(=O)C34CC5CC(CC(C5)C3)C4)cc2)cc(N(C)C)n1. The van der Waals surface area contributed by atoms with Crippen LogP contribution in [0.3, 0.4) is 0 Å². The predicted molar refractivity (Wildman–Crippen MR) is 120 cm³/mol. The fraction of sp³-hybridized carbons (Fsp3) is 0.542. The molecule has 0 atom stereocenters. The van der Waals surface area contributed by atoms with Crippen LogP contribution in [-0.2, 0) is 4.79 Å². The van der Waals surface area contributed by atoms with Gasteiger partial charge in [-0.25, -0.2) is 9.97 Å². The van der Waals surface area contributed by atoms with E-state index in [0.29, 0.717) is 0 Å². The number of hydrogen-bond donors (Lipinski definition) is 2. The third kappa shape index (κ3) is 3.64. The molecule has 30 heavy (non-hydrogen) atoms. The quantitative estimate of drug-likeness (QED) is 0.751. The summed E-state index contributed by atoms with van der Waals surface area (Å²) in [6, 6.07) is 9.85. The Bertz CT molecular complexity index is 917. The van der Waals surface area contributed by atoms with E-state index in [2.05, 4.69) is 20.6 Å². The maximum Gasteiger partial charge on any atom is 0.230 e. The molecule has 0 aliphatic heterocycles. The van der Waals surface area contributed by atoms with Crippen molar-refractivity contribution in [1.29, 1.82) is 0 Å². The molecular formula is C24H31N5O. The summed E-state index contributed by atoms with van der Waals surface area (Å²) in [7, 11) is 3.93. The summed E-state index contributed by atoms with van der Waals surface area (Å²) in [4.78, 5) is 24.1. The summed E-state index contributed by atoms with van der Waals surface area (Å²) in [6.45, 7) is 1.89. The number of nitrogens with zero attached hydrogens (tertiary/aromatic N) is 3. The molecule has 1 aromatic heterocycles. The lowest BCUT2D eigenvalue weighted by Crippen LogP contribution is -2.51. The van der Waals surface area contributed by atoms with E-state index in [1.165, 1.54) is 19.3 Å².